The fourth-order valence-electron chi connectivity index (χ4n) is 1.70. The molecule has 2 rings (SSSR count). The van der Waals surface area contributed by atoms with Crippen molar-refractivity contribution in [1.29, 1.82) is 5.26 Å². The normalized spacial score (nSPS) is 11.3. The summed E-state index contributed by atoms with van der Waals surface area (Å²) in [6.45, 7) is 1.61. The number of hydrogen-bond acceptors (Lipinski definition) is 3. The topological polar surface area (TPSA) is 62.1 Å². The predicted octanol–water partition coefficient (Wildman–Crippen LogP) is 3.62. The Hall–Kier alpha value is -2.51. The lowest BCUT2D eigenvalue weighted by atomic mass is 10.2. The van der Waals surface area contributed by atoms with Gasteiger partial charge in [0.15, 0.2) is 6.10 Å². The van der Waals surface area contributed by atoms with Crippen LogP contribution < -0.4 is 10.1 Å². The van der Waals surface area contributed by atoms with Crippen molar-refractivity contribution in [3.05, 3.63) is 59.1 Å². The minimum atomic E-state index is -0.754. The van der Waals surface area contributed by atoms with Gasteiger partial charge in [-0.2, -0.15) is 5.26 Å². The van der Waals surface area contributed by atoms with Gasteiger partial charge in [0.25, 0.3) is 5.91 Å². The van der Waals surface area contributed by atoms with E-state index in [1.807, 2.05) is 24.3 Å². The molecule has 1 unspecified atom stereocenters. The summed E-state index contributed by atoms with van der Waals surface area (Å²) in [4.78, 5) is 12.0. The lowest BCUT2D eigenvalue weighted by Gasteiger charge is -2.15. The van der Waals surface area contributed by atoms with Crippen LogP contribution in [-0.4, -0.2) is 12.0 Å². The van der Waals surface area contributed by atoms with Gasteiger partial charge in [-0.25, -0.2) is 0 Å². The molecule has 0 saturated carbocycles. The van der Waals surface area contributed by atoms with E-state index < -0.39 is 6.10 Å². The summed E-state index contributed by atoms with van der Waals surface area (Å²) in [6, 6.07) is 15.8. The van der Waals surface area contributed by atoms with Crippen LogP contribution >= 0.6 is 11.6 Å². The Labute approximate surface area is 127 Å². The molecule has 1 atom stereocenters. The highest BCUT2D eigenvalue weighted by Crippen LogP contribution is 2.24. The molecule has 0 aromatic heterocycles. The maximum atomic E-state index is 12.0. The van der Waals surface area contributed by atoms with E-state index in [0.29, 0.717) is 22.0 Å². The summed E-state index contributed by atoms with van der Waals surface area (Å²) in [6.07, 6.45) is -0.754. The summed E-state index contributed by atoms with van der Waals surface area (Å²) in [5.74, 6) is -0.00854. The first kappa shape index (κ1) is 14.9. The van der Waals surface area contributed by atoms with Gasteiger partial charge in [-0.15, -0.1) is 0 Å². The van der Waals surface area contributed by atoms with Crippen LogP contribution in [0.1, 0.15) is 12.5 Å². The molecule has 0 bridgehead atoms. The Balaban J connectivity index is 2.08. The van der Waals surface area contributed by atoms with Crippen molar-refractivity contribution in [1.82, 2.24) is 0 Å². The van der Waals surface area contributed by atoms with Crippen molar-refractivity contribution in [2.24, 2.45) is 0 Å². The molecule has 0 fully saturated rings. The maximum absolute atomic E-state index is 12.0. The van der Waals surface area contributed by atoms with Gasteiger partial charge >= 0.3 is 0 Å². The number of carbonyl (C=O) groups excluding carboxylic acids is 1. The second kappa shape index (κ2) is 6.78. The highest BCUT2D eigenvalue weighted by Gasteiger charge is 2.16. The smallest absolute Gasteiger partial charge is 0.265 e. The van der Waals surface area contributed by atoms with Crippen LogP contribution in [0.3, 0.4) is 0 Å². The standard InChI is InChI=1S/C16H13ClN2O2/c1-11(16(20)19-14-5-3-2-4-6-14)21-15-9-13(17)8-7-12(15)10-18/h2-9,11H,1H3,(H,19,20). The first-order chi connectivity index (χ1) is 10.1. The molecule has 0 spiro atoms. The van der Waals surface area contributed by atoms with Crippen molar-refractivity contribution < 1.29 is 9.53 Å². The molecule has 1 amide bonds. The molecule has 2 aromatic rings. The third-order valence-corrected chi connectivity index (χ3v) is 3.01. The van der Waals surface area contributed by atoms with Crippen molar-refractivity contribution in [3.8, 4) is 11.8 Å². The van der Waals surface area contributed by atoms with Crippen molar-refractivity contribution in [2.75, 3.05) is 5.32 Å². The van der Waals surface area contributed by atoms with Gasteiger partial charge in [0.05, 0.1) is 5.56 Å². The number of amides is 1. The summed E-state index contributed by atoms with van der Waals surface area (Å²) in [7, 11) is 0. The van der Waals surface area contributed by atoms with Crippen LogP contribution in [0, 0.1) is 11.3 Å². The van der Waals surface area contributed by atoms with E-state index in [2.05, 4.69) is 5.32 Å². The quantitative estimate of drug-likeness (QED) is 0.938. The molecule has 4 nitrogen and oxygen atoms in total. The first-order valence-corrected chi connectivity index (χ1v) is 6.70. The van der Waals surface area contributed by atoms with E-state index >= 15 is 0 Å². The second-order valence-corrected chi connectivity index (χ2v) is 4.80. The zero-order valence-electron chi connectivity index (χ0n) is 11.3. The highest BCUT2D eigenvalue weighted by molar-refractivity contribution is 6.30. The number of para-hydroxylation sites is 1. The Morgan fingerprint density at radius 3 is 2.67 bits per heavy atom. The molecule has 21 heavy (non-hydrogen) atoms. The minimum absolute atomic E-state index is 0.292. The molecular weight excluding hydrogens is 288 g/mol. The van der Waals surface area contributed by atoms with Crippen molar-refractivity contribution in [2.45, 2.75) is 13.0 Å². The van der Waals surface area contributed by atoms with Crippen LogP contribution in [0.4, 0.5) is 5.69 Å². The molecule has 0 aliphatic heterocycles. The summed E-state index contributed by atoms with van der Waals surface area (Å²) in [5, 5.41) is 12.2. The van der Waals surface area contributed by atoms with E-state index in [1.165, 1.54) is 6.07 Å². The summed E-state index contributed by atoms with van der Waals surface area (Å²) < 4.78 is 5.53. The summed E-state index contributed by atoms with van der Waals surface area (Å²) >= 11 is 5.88. The minimum Gasteiger partial charge on any atom is -0.479 e. The molecule has 5 heteroatoms. The van der Waals surface area contributed by atoms with Crippen LogP contribution in [0.15, 0.2) is 48.5 Å². The largest absolute Gasteiger partial charge is 0.479 e. The number of anilines is 1. The molecule has 0 heterocycles. The Morgan fingerprint density at radius 2 is 2.00 bits per heavy atom. The molecule has 1 N–H and O–H groups in total. The van der Waals surface area contributed by atoms with E-state index in [4.69, 9.17) is 21.6 Å². The van der Waals surface area contributed by atoms with Gasteiger partial charge in [-0.05, 0) is 31.2 Å². The van der Waals surface area contributed by atoms with Gasteiger partial charge in [0.2, 0.25) is 0 Å². The van der Waals surface area contributed by atoms with E-state index in [1.54, 1.807) is 31.2 Å². The average Bonchev–Trinajstić information content (AvgIpc) is 2.48. The fourth-order valence-corrected chi connectivity index (χ4v) is 1.86. The third-order valence-electron chi connectivity index (χ3n) is 2.78. The molecule has 106 valence electrons. The average molecular weight is 301 g/mol. The van der Waals surface area contributed by atoms with Crippen molar-refractivity contribution in [3.63, 3.8) is 0 Å². The molecule has 0 saturated heterocycles. The molecule has 2 aromatic carbocycles. The zero-order valence-corrected chi connectivity index (χ0v) is 12.1. The van der Waals surface area contributed by atoms with Gasteiger partial charge < -0.3 is 10.1 Å². The predicted molar refractivity (Wildman–Crippen MR) is 81.3 cm³/mol. The van der Waals surface area contributed by atoms with Crippen LogP contribution in [0.2, 0.25) is 5.02 Å². The number of nitrogens with one attached hydrogen (secondary N) is 1. The van der Waals surface area contributed by atoms with Gasteiger partial charge in [0.1, 0.15) is 11.8 Å². The third kappa shape index (κ3) is 3.98. The number of nitrogens with zero attached hydrogens (tertiary/aromatic N) is 1. The number of halogens is 1. The SMILES string of the molecule is CC(Oc1cc(Cl)ccc1C#N)C(=O)Nc1ccccc1. The fraction of sp³-hybridized carbons (Fsp3) is 0.125. The van der Waals surface area contributed by atoms with E-state index in [-0.39, 0.29) is 5.91 Å². The number of ether oxygens (including phenoxy) is 1. The van der Waals surface area contributed by atoms with Crippen molar-refractivity contribution >= 4 is 23.2 Å². The first-order valence-electron chi connectivity index (χ1n) is 6.32. The lowest BCUT2D eigenvalue weighted by molar-refractivity contribution is -0.122. The Morgan fingerprint density at radius 1 is 1.29 bits per heavy atom. The summed E-state index contributed by atoms with van der Waals surface area (Å²) in [5.41, 5.74) is 1.02. The van der Waals surface area contributed by atoms with Crippen LogP contribution in [0.25, 0.3) is 0 Å². The molecular formula is C16H13ClN2O2. The second-order valence-electron chi connectivity index (χ2n) is 4.37. The van der Waals surface area contributed by atoms with Gasteiger partial charge in [-0.3, -0.25) is 4.79 Å². The van der Waals surface area contributed by atoms with E-state index in [9.17, 15) is 4.79 Å². The Kier molecular flexibility index (Phi) is 4.81. The number of carbonyl (C=O) groups is 1. The highest BCUT2D eigenvalue weighted by atomic mass is 35.5. The maximum Gasteiger partial charge on any atom is 0.265 e. The van der Waals surface area contributed by atoms with Crippen LogP contribution in [-0.2, 0) is 4.79 Å². The number of nitriles is 1. The number of rotatable bonds is 4. The molecule has 0 aliphatic rings. The molecule has 0 radical (unpaired) electrons. The van der Waals surface area contributed by atoms with Gasteiger partial charge in [-0.1, -0.05) is 29.8 Å². The van der Waals surface area contributed by atoms with Crippen LogP contribution in [0.5, 0.6) is 5.75 Å². The lowest BCUT2D eigenvalue weighted by Crippen LogP contribution is -2.30. The monoisotopic (exact) mass is 300 g/mol. The number of benzene rings is 2. The van der Waals surface area contributed by atoms with Gasteiger partial charge in [0, 0.05) is 16.8 Å². The number of hydrogen-bond donors (Lipinski definition) is 1. The zero-order chi connectivity index (χ0) is 15.2. The molecule has 0 aliphatic carbocycles. The van der Waals surface area contributed by atoms with E-state index in [0.717, 1.165) is 0 Å². The Bertz CT molecular complexity index is 680.